The van der Waals surface area contributed by atoms with Gasteiger partial charge >= 0.3 is 0 Å². The van der Waals surface area contributed by atoms with Crippen molar-refractivity contribution in [3.8, 4) is 44.5 Å². The highest BCUT2D eigenvalue weighted by atomic mass is 16.3. The first-order valence-electron chi connectivity index (χ1n) is 19.8. The van der Waals surface area contributed by atoms with E-state index in [9.17, 15) is 0 Å². The maximum atomic E-state index is 6.87. The molecule has 0 amide bonds. The van der Waals surface area contributed by atoms with E-state index in [2.05, 4.69) is 229 Å². The summed E-state index contributed by atoms with van der Waals surface area (Å²) in [6.07, 6.45) is 0. The maximum absolute atomic E-state index is 6.87. The van der Waals surface area contributed by atoms with E-state index < -0.39 is 0 Å². The number of hydrogen-bond acceptors (Lipinski definition) is 2. The summed E-state index contributed by atoms with van der Waals surface area (Å²) >= 11 is 0. The molecule has 0 aliphatic carbocycles. The van der Waals surface area contributed by atoms with Crippen molar-refractivity contribution in [2.45, 2.75) is 0 Å². The fourth-order valence-corrected chi connectivity index (χ4v) is 8.76. The predicted octanol–water partition coefficient (Wildman–Crippen LogP) is 16.0. The van der Waals surface area contributed by atoms with Crippen molar-refractivity contribution in [3.63, 3.8) is 0 Å². The van der Waals surface area contributed by atoms with Crippen LogP contribution in [0, 0.1) is 0 Å². The van der Waals surface area contributed by atoms with Gasteiger partial charge in [0.25, 0.3) is 0 Å². The van der Waals surface area contributed by atoms with Gasteiger partial charge in [0.2, 0.25) is 0 Å². The molecule has 11 rings (SSSR count). The molecule has 0 saturated carbocycles. The largest absolute Gasteiger partial charge is 0.455 e. The molecule has 1 aromatic heterocycles. The van der Waals surface area contributed by atoms with Crippen LogP contribution in [0.3, 0.4) is 0 Å². The SMILES string of the molecule is c1ccc(-c2ccccc2-c2ccc(N(c3ccc(-c4cccc5ccccc45)cc3)c3ccc(-c4cccc5ccccc45)c4oc5ccccc5c34)cc2)cc1. The van der Waals surface area contributed by atoms with Gasteiger partial charge in [-0.1, -0.05) is 182 Å². The fourth-order valence-electron chi connectivity index (χ4n) is 8.76. The zero-order valence-corrected chi connectivity index (χ0v) is 31.7. The average molecular weight is 740 g/mol. The summed E-state index contributed by atoms with van der Waals surface area (Å²) in [5, 5.41) is 7.05. The molecule has 0 N–H and O–H groups in total. The number of furan rings is 1. The molecule has 0 unspecified atom stereocenters. The fraction of sp³-hybridized carbons (Fsp3) is 0. The van der Waals surface area contributed by atoms with E-state index in [1.807, 2.05) is 0 Å². The van der Waals surface area contributed by atoms with Gasteiger partial charge in [0.05, 0.1) is 11.1 Å². The van der Waals surface area contributed by atoms with Gasteiger partial charge in [-0.3, -0.25) is 0 Å². The lowest BCUT2D eigenvalue weighted by Crippen LogP contribution is -2.10. The van der Waals surface area contributed by atoms with Crippen molar-refractivity contribution < 1.29 is 4.42 Å². The number of benzene rings is 10. The number of hydrogen-bond donors (Lipinski definition) is 0. The Morgan fingerprint density at radius 3 is 1.41 bits per heavy atom. The van der Waals surface area contributed by atoms with Crippen LogP contribution in [0.15, 0.2) is 229 Å². The highest BCUT2D eigenvalue weighted by Gasteiger charge is 2.23. The molecule has 0 aliphatic rings. The third kappa shape index (κ3) is 5.74. The van der Waals surface area contributed by atoms with Crippen molar-refractivity contribution in [2.24, 2.45) is 0 Å². The van der Waals surface area contributed by atoms with Crippen LogP contribution in [0.25, 0.3) is 88.0 Å². The molecule has 0 atom stereocenters. The summed E-state index contributed by atoms with van der Waals surface area (Å²) in [5.41, 5.74) is 14.3. The van der Waals surface area contributed by atoms with Gasteiger partial charge in [0, 0.05) is 22.3 Å². The molecular formula is C56H37NO. The van der Waals surface area contributed by atoms with E-state index in [4.69, 9.17) is 4.42 Å². The Labute approximate surface area is 337 Å². The summed E-state index contributed by atoms with van der Waals surface area (Å²) < 4.78 is 6.87. The summed E-state index contributed by atoms with van der Waals surface area (Å²) in [6.45, 7) is 0. The summed E-state index contributed by atoms with van der Waals surface area (Å²) in [6, 6.07) is 80.5. The molecule has 0 spiro atoms. The normalized spacial score (nSPS) is 11.4. The summed E-state index contributed by atoms with van der Waals surface area (Å²) in [7, 11) is 0. The topological polar surface area (TPSA) is 16.4 Å². The van der Waals surface area contributed by atoms with Gasteiger partial charge in [-0.15, -0.1) is 0 Å². The third-order valence-corrected chi connectivity index (χ3v) is 11.5. The summed E-state index contributed by atoms with van der Waals surface area (Å²) in [5.74, 6) is 0. The van der Waals surface area contributed by atoms with Crippen LogP contribution in [0.1, 0.15) is 0 Å². The van der Waals surface area contributed by atoms with Crippen LogP contribution in [0.5, 0.6) is 0 Å². The van der Waals surface area contributed by atoms with Crippen molar-refractivity contribution in [1.82, 2.24) is 0 Å². The Balaban J connectivity index is 1.11. The molecule has 2 nitrogen and oxygen atoms in total. The molecule has 11 aromatic rings. The van der Waals surface area contributed by atoms with E-state index in [1.54, 1.807) is 0 Å². The maximum Gasteiger partial charge on any atom is 0.145 e. The molecule has 0 bridgehead atoms. The van der Waals surface area contributed by atoms with Crippen LogP contribution in [-0.4, -0.2) is 0 Å². The van der Waals surface area contributed by atoms with Crippen molar-refractivity contribution in [1.29, 1.82) is 0 Å². The second kappa shape index (κ2) is 14.1. The quantitative estimate of drug-likeness (QED) is 0.162. The van der Waals surface area contributed by atoms with Gasteiger partial charge in [-0.05, 0) is 103 Å². The molecule has 272 valence electrons. The molecular weight excluding hydrogens is 703 g/mol. The molecule has 10 aromatic carbocycles. The van der Waals surface area contributed by atoms with Crippen LogP contribution in [0.4, 0.5) is 17.1 Å². The molecule has 0 aliphatic heterocycles. The van der Waals surface area contributed by atoms with Crippen molar-refractivity contribution in [3.05, 3.63) is 224 Å². The highest BCUT2D eigenvalue weighted by molar-refractivity contribution is 6.18. The molecule has 1 heterocycles. The average Bonchev–Trinajstić information content (AvgIpc) is 3.70. The Hall–Kier alpha value is -7.68. The first kappa shape index (κ1) is 33.6. The number of anilines is 3. The van der Waals surface area contributed by atoms with Gasteiger partial charge in [0.1, 0.15) is 11.2 Å². The van der Waals surface area contributed by atoms with E-state index in [-0.39, 0.29) is 0 Å². The monoisotopic (exact) mass is 739 g/mol. The molecule has 2 heteroatoms. The minimum Gasteiger partial charge on any atom is -0.455 e. The lowest BCUT2D eigenvalue weighted by Gasteiger charge is -2.27. The second-order valence-electron chi connectivity index (χ2n) is 14.8. The van der Waals surface area contributed by atoms with Gasteiger partial charge < -0.3 is 9.32 Å². The van der Waals surface area contributed by atoms with Gasteiger partial charge in [-0.25, -0.2) is 0 Å². The Kier molecular flexibility index (Phi) is 8.19. The number of para-hydroxylation sites is 1. The number of rotatable bonds is 7. The predicted molar refractivity (Wildman–Crippen MR) is 245 cm³/mol. The zero-order valence-electron chi connectivity index (χ0n) is 31.7. The molecule has 0 saturated heterocycles. The standard InChI is InChI=1S/C56H37NO/c1-2-14-38(15-3-1)45-21-8-9-22-47(45)41-28-32-43(33-29-41)57(44-34-30-42(31-35-44)48-25-12-18-39-16-4-6-20-46(39)48)53-37-36-51(50-26-13-19-40-17-5-7-23-49(40)50)56-55(53)52-24-10-11-27-54(52)58-56/h1-37H. The first-order valence-corrected chi connectivity index (χ1v) is 19.8. The Morgan fingerprint density at radius 1 is 0.293 bits per heavy atom. The minimum atomic E-state index is 0.866. The number of fused-ring (bicyclic) bond motifs is 5. The Morgan fingerprint density at radius 2 is 0.759 bits per heavy atom. The van der Waals surface area contributed by atoms with Gasteiger partial charge in [0.15, 0.2) is 0 Å². The molecule has 0 fully saturated rings. The third-order valence-electron chi connectivity index (χ3n) is 11.5. The summed E-state index contributed by atoms with van der Waals surface area (Å²) in [4.78, 5) is 2.39. The van der Waals surface area contributed by atoms with Crippen molar-refractivity contribution in [2.75, 3.05) is 4.90 Å². The zero-order chi connectivity index (χ0) is 38.4. The smallest absolute Gasteiger partial charge is 0.145 e. The van der Waals surface area contributed by atoms with Crippen molar-refractivity contribution >= 4 is 60.5 Å². The van der Waals surface area contributed by atoms with E-state index in [0.717, 1.165) is 50.1 Å². The minimum absolute atomic E-state index is 0.866. The first-order chi connectivity index (χ1) is 28.8. The van der Waals surface area contributed by atoms with E-state index in [0.29, 0.717) is 0 Å². The molecule has 58 heavy (non-hydrogen) atoms. The number of nitrogens with zero attached hydrogens (tertiary/aromatic N) is 1. The van der Waals surface area contributed by atoms with Crippen LogP contribution < -0.4 is 4.90 Å². The van der Waals surface area contributed by atoms with Crippen LogP contribution in [-0.2, 0) is 0 Å². The van der Waals surface area contributed by atoms with Crippen LogP contribution in [0.2, 0.25) is 0 Å². The second-order valence-corrected chi connectivity index (χ2v) is 14.8. The Bertz CT molecular complexity index is 3260. The lowest BCUT2D eigenvalue weighted by atomic mass is 9.94. The van der Waals surface area contributed by atoms with Gasteiger partial charge in [-0.2, -0.15) is 0 Å². The van der Waals surface area contributed by atoms with Crippen LogP contribution >= 0.6 is 0 Å². The molecule has 0 radical (unpaired) electrons. The van der Waals surface area contributed by atoms with E-state index in [1.165, 1.54) is 54.9 Å². The lowest BCUT2D eigenvalue weighted by molar-refractivity contribution is 0.670. The van der Waals surface area contributed by atoms with E-state index >= 15 is 0 Å². The highest BCUT2D eigenvalue weighted by Crippen LogP contribution is 2.47.